The predicted octanol–water partition coefficient (Wildman–Crippen LogP) is 2.59. The summed E-state index contributed by atoms with van der Waals surface area (Å²) in [7, 11) is 3.29. The van der Waals surface area contributed by atoms with Crippen LogP contribution in [0.5, 0.6) is 11.5 Å². The standard InChI is InChI=1S/C23H23N3O4/c1-23-11-17-16-10-15(30-3)7-8-18(16)24-20(17)21(13-5-4-6-14(27)9-13)26(23)19(28)12-25(2)22(23)29/h4-10,21,24,27H,11-12H2,1-3H3. The number of rotatable bonds is 2. The quantitative estimate of drug-likeness (QED) is 0.686. The van der Waals surface area contributed by atoms with Crippen LogP contribution >= 0.6 is 0 Å². The van der Waals surface area contributed by atoms with Gasteiger partial charge in [-0.25, -0.2) is 0 Å². The Morgan fingerprint density at radius 1 is 1.20 bits per heavy atom. The van der Waals surface area contributed by atoms with Gasteiger partial charge >= 0.3 is 0 Å². The summed E-state index contributed by atoms with van der Waals surface area (Å²) in [4.78, 5) is 33.2. The molecule has 7 nitrogen and oxygen atoms in total. The molecule has 1 aromatic heterocycles. The molecule has 2 unspecified atom stereocenters. The van der Waals surface area contributed by atoms with Crippen LogP contribution in [0.1, 0.15) is 29.8 Å². The van der Waals surface area contributed by atoms with E-state index in [0.29, 0.717) is 6.42 Å². The third kappa shape index (κ3) is 2.44. The largest absolute Gasteiger partial charge is 0.508 e. The molecule has 0 spiro atoms. The number of hydrogen-bond acceptors (Lipinski definition) is 4. The first-order chi connectivity index (χ1) is 14.3. The lowest BCUT2D eigenvalue weighted by Crippen LogP contribution is -2.69. The van der Waals surface area contributed by atoms with E-state index in [1.54, 1.807) is 37.3 Å². The summed E-state index contributed by atoms with van der Waals surface area (Å²) < 4.78 is 5.41. The maximum absolute atomic E-state index is 13.3. The number of likely N-dealkylation sites (N-methyl/N-ethyl adjacent to an activating group) is 1. The minimum absolute atomic E-state index is 0.0348. The van der Waals surface area contributed by atoms with E-state index >= 15 is 0 Å². The number of phenols is 1. The van der Waals surface area contributed by atoms with Crippen LogP contribution in [0.25, 0.3) is 10.9 Å². The van der Waals surface area contributed by atoms with Crippen LogP contribution < -0.4 is 4.74 Å². The van der Waals surface area contributed by atoms with Crippen molar-refractivity contribution < 1.29 is 19.4 Å². The van der Waals surface area contributed by atoms with E-state index < -0.39 is 11.6 Å². The van der Waals surface area contributed by atoms with Gasteiger partial charge in [0.2, 0.25) is 11.8 Å². The number of carbonyl (C=O) groups excluding carboxylic acids is 2. The number of carbonyl (C=O) groups is 2. The molecule has 2 aliphatic rings. The maximum Gasteiger partial charge on any atom is 0.248 e. The normalized spacial score (nSPS) is 23.5. The smallest absolute Gasteiger partial charge is 0.248 e. The summed E-state index contributed by atoms with van der Waals surface area (Å²) in [6.07, 6.45) is 0.403. The van der Waals surface area contributed by atoms with E-state index in [1.807, 2.05) is 31.2 Å². The molecule has 30 heavy (non-hydrogen) atoms. The number of piperazine rings is 1. The van der Waals surface area contributed by atoms with Crippen LogP contribution in [-0.2, 0) is 16.0 Å². The molecule has 2 aromatic carbocycles. The monoisotopic (exact) mass is 405 g/mol. The van der Waals surface area contributed by atoms with Crippen molar-refractivity contribution in [3.8, 4) is 11.5 Å². The summed E-state index contributed by atoms with van der Waals surface area (Å²) in [6.45, 7) is 1.87. The summed E-state index contributed by atoms with van der Waals surface area (Å²) in [5, 5.41) is 11.1. The molecule has 1 saturated heterocycles. The summed E-state index contributed by atoms with van der Waals surface area (Å²) in [5.41, 5.74) is 2.51. The van der Waals surface area contributed by atoms with E-state index in [1.165, 1.54) is 4.90 Å². The lowest BCUT2D eigenvalue weighted by Gasteiger charge is -2.52. The number of benzene rings is 2. The molecule has 2 N–H and O–H groups in total. The van der Waals surface area contributed by atoms with Crippen molar-refractivity contribution in [2.45, 2.75) is 24.9 Å². The molecule has 0 aliphatic carbocycles. The number of methoxy groups -OCH3 is 1. The number of fused-ring (bicyclic) bond motifs is 4. The predicted molar refractivity (Wildman–Crippen MR) is 111 cm³/mol. The van der Waals surface area contributed by atoms with Crippen molar-refractivity contribution in [2.75, 3.05) is 20.7 Å². The van der Waals surface area contributed by atoms with Gasteiger partial charge in [0.05, 0.1) is 19.7 Å². The summed E-state index contributed by atoms with van der Waals surface area (Å²) in [5.74, 6) is 0.644. The van der Waals surface area contributed by atoms with Gasteiger partial charge in [-0.3, -0.25) is 9.59 Å². The van der Waals surface area contributed by atoms with Gasteiger partial charge in [-0.15, -0.1) is 0 Å². The Morgan fingerprint density at radius 2 is 2.00 bits per heavy atom. The topological polar surface area (TPSA) is 85.9 Å². The lowest BCUT2D eigenvalue weighted by molar-refractivity contribution is -0.166. The van der Waals surface area contributed by atoms with Gasteiger partial charge in [-0.1, -0.05) is 12.1 Å². The molecule has 2 amide bonds. The van der Waals surface area contributed by atoms with Crippen molar-refractivity contribution in [3.05, 3.63) is 59.3 Å². The molecule has 0 radical (unpaired) electrons. The molecule has 5 rings (SSSR count). The first kappa shape index (κ1) is 18.5. The second kappa shape index (κ2) is 6.26. The number of phenolic OH excluding ortho intramolecular Hbond substituents is 1. The fourth-order valence-corrected chi connectivity index (χ4v) is 5.01. The molecule has 3 heterocycles. The highest BCUT2D eigenvalue weighted by atomic mass is 16.5. The molecule has 2 aliphatic heterocycles. The zero-order valence-electron chi connectivity index (χ0n) is 17.1. The highest BCUT2D eigenvalue weighted by molar-refractivity contribution is 6.00. The van der Waals surface area contributed by atoms with Gasteiger partial charge in [-0.2, -0.15) is 0 Å². The molecule has 2 atom stereocenters. The molecule has 7 heteroatoms. The van der Waals surface area contributed by atoms with Crippen molar-refractivity contribution in [2.24, 2.45) is 0 Å². The SMILES string of the molecule is COc1ccc2[nH]c3c(c2c1)CC1(C)C(=O)N(C)CC(=O)N1C3c1cccc(O)c1. The number of hydrogen-bond donors (Lipinski definition) is 2. The number of ether oxygens (including phenoxy) is 1. The highest BCUT2D eigenvalue weighted by Gasteiger charge is 2.55. The average molecular weight is 405 g/mol. The van der Waals surface area contributed by atoms with Gasteiger partial charge in [0, 0.05) is 30.1 Å². The minimum atomic E-state index is -1.02. The summed E-state index contributed by atoms with van der Waals surface area (Å²) >= 11 is 0. The Hall–Kier alpha value is -3.48. The molecular weight excluding hydrogens is 382 g/mol. The molecule has 0 saturated carbocycles. The molecule has 1 fully saturated rings. The molecule has 0 bridgehead atoms. The Kier molecular flexibility index (Phi) is 3.87. The van der Waals surface area contributed by atoms with Gasteiger partial charge in [0.15, 0.2) is 0 Å². The van der Waals surface area contributed by atoms with Crippen molar-refractivity contribution >= 4 is 22.7 Å². The fourth-order valence-electron chi connectivity index (χ4n) is 5.01. The fraction of sp³-hybridized carbons (Fsp3) is 0.304. The Morgan fingerprint density at radius 3 is 2.73 bits per heavy atom. The third-order valence-corrected chi connectivity index (χ3v) is 6.37. The molecular formula is C23H23N3O4. The van der Waals surface area contributed by atoms with E-state index in [0.717, 1.165) is 33.5 Å². The number of H-pyrrole nitrogens is 1. The molecule has 154 valence electrons. The maximum atomic E-state index is 13.3. The van der Waals surface area contributed by atoms with Crippen molar-refractivity contribution in [3.63, 3.8) is 0 Å². The first-order valence-corrected chi connectivity index (χ1v) is 9.88. The number of aromatic nitrogens is 1. The van der Waals surface area contributed by atoms with E-state index in [4.69, 9.17) is 4.74 Å². The van der Waals surface area contributed by atoms with Crippen LogP contribution in [0.15, 0.2) is 42.5 Å². The van der Waals surface area contributed by atoms with E-state index in [9.17, 15) is 14.7 Å². The zero-order valence-corrected chi connectivity index (χ0v) is 17.1. The Balaban J connectivity index is 1.82. The Labute approximate surface area is 173 Å². The van der Waals surface area contributed by atoms with E-state index in [-0.39, 0.29) is 24.1 Å². The number of nitrogens with zero attached hydrogens (tertiary/aromatic N) is 2. The third-order valence-electron chi connectivity index (χ3n) is 6.37. The average Bonchev–Trinajstić information content (AvgIpc) is 3.07. The number of aromatic hydroxyl groups is 1. The van der Waals surface area contributed by atoms with Crippen LogP contribution in [0, 0.1) is 0 Å². The first-order valence-electron chi connectivity index (χ1n) is 9.88. The lowest BCUT2D eigenvalue weighted by atomic mass is 9.78. The van der Waals surface area contributed by atoms with Gasteiger partial charge < -0.3 is 24.6 Å². The van der Waals surface area contributed by atoms with Gasteiger partial charge in [0.1, 0.15) is 17.0 Å². The summed E-state index contributed by atoms with van der Waals surface area (Å²) in [6, 6.07) is 12.2. The minimum Gasteiger partial charge on any atom is -0.508 e. The number of nitrogens with one attached hydrogen (secondary N) is 1. The van der Waals surface area contributed by atoms with Gasteiger partial charge in [-0.05, 0) is 48.4 Å². The number of amides is 2. The van der Waals surface area contributed by atoms with E-state index in [2.05, 4.69) is 4.98 Å². The van der Waals surface area contributed by atoms with Crippen LogP contribution in [-0.4, -0.2) is 57.9 Å². The van der Waals surface area contributed by atoms with Crippen molar-refractivity contribution in [1.29, 1.82) is 0 Å². The van der Waals surface area contributed by atoms with Crippen LogP contribution in [0.2, 0.25) is 0 Å². The number of aromatic amines is 1. The van der Waals surface area contributed by atoms with Crippen molar-refractivity contribution in [1.82, 2.24) is 14.8 Å². The highest BCUT2D eigenvalue weighted by Crippen LogP contribution is 2.47. The second-order valence-corrected chi connectivity index (χ2v) is 8.30. The Bertz CT molecular complexity index is 1200. The zero-order chi connectivity index (χ0) is 21.2. The van der Waals surface area contributed by atoms with Crippen LogP contribution in [0.4, 0.5) is 0 Å². The van der Waals surface area contributed by atoms with Gasteiger partial charge in [0.25, 0.3) is 0 Å². The van der Waals surface area contributed by atoms with Crippen LogP contribution in [0.3, 0.4) is 0 Å². The second-order valence-electron chi connectivity index (χ2n) is 8.30. The molecule has 3 aromatic rings.